The SMILES string of the molecule is COc1ccc(CN(Cc2ccccn2)C2CC(C)(C)NC(C)(C)C2)cc1OC.O=C(O)CC(O)(CC(=O)O)C(=O)O. The van der Waals surface area contributed by atoms with Gasteiger partial charge in [0.1, 0.15) is 0 Å². The Hall–Kier alpha value is -3.74. The molecule has 2 aromatic rings. The lowest BCUT2D eigenvalue weighted by Crippen LogP contribution is -2.62. The zero-order chi connectivity index (χ0) is 31.7. The van der Waals surface area contributed by atoms with Crippen molar-refractivity contribution in [3.05, 3.63) is 53.9 Å². The molecule has 0 atom stereocenters. The van der Waals surface area contributed by atoms with Gasteiger partial charge in [0, 0.05) is 36.4 Å². The fourth-order valence-electron chi connectivity index (χ4n) is 5.47. The van der Waals surface area contributed by atoms with E-state index in [1.165, 1.54) is 5.56 Å². The molecule has 0 aliphatic carbocycles. The fourth-order valence-corrected chi connectivity index (χ4v) is 5.47. The predicted molar refractivity (Wildman–Crippen MR) is 154 cm³/mol. The van der Waals surface area contributed by atoms with Crippen LogP contribution in [-0.4, -0.2) is 85.2 Å². The number of hydrogen-bond acceptors (Lipinski definition) is 9. The molecule has 3 rings (SSSR count). The van der Waals surface area contributed by atoms with E-state index < -0.39 is 36.4 Å². The molecule has 42 heavy (non-hydrogen) atoms. The van der Waals surface area contributed by atoms with Gasteiger partial charge in [-0.15, -0.1) is 0 Å². The lowest BCUT2D eigenvalue weighted by atomic mass is 9.79. The number of aromatic nitrogens is 1. The summed E-state index contributed by atoms with van der Waals surface area (Å²) in [6.45, 7) is 10.9. The van der Waals surface area contributed by atoms with Gasteiger partial charge in [-0.3, -0.25) is 19.5 Å². The van der Waals surface area contributed by atoms with E-state index >= 15 is 0 Å². The topological polar surface area (TPSA) is 179 Å². The number of methoxy groups -OCH3 is 2. The Kier molecular flexibility index (Phi) is 11.8. The van der Waals surface area contributed by atoms with E-state index in [0.717, 1.165) is 43.1 Å². The van der Waals surface area contributed by atoms with Crippen molar-refractivity contribution in [2.75, 3.05) is 14.2 Å². The molecule has 0 amide bonds. The monoisotopic (exact) mass is 589 g/mol. The van der Waals surface area contributed by atoms with E-state index in [2.05, 4.69) is 67.2 Å². The first-order valence-corrected chi connectivity index (χ1v) is 13.5. The lowest BCUT2D eigenvalue weighted by molar-refractivity contribution is -0.170. The first-order chi connectivity index (χ1) is 19.5. The second kappa shape index (κ2) is 14.4. The second-order valence-corrected chi connectivity index (χ2v) is 11.8. The largest absolute Gasteiger partial charge is 0.493 e. The number of carboxylic acids is 3. The highest BCUT2D eigenvalue weighted by atomic mass is 16.5. The van der Waals surface area contributed by atoms with Crippen LogP contribution in [0.1, 0.15) is 64.6 Å². The number of nitrogens with zero attached hydrogens (tertiary/aromatic N) is 2. The van der Waals surface area contributed by atoms with E-state index in [9.17, 15) is 14.4 Å². The maximum absolute atomic E-state index is 10.3. The third-order valence-electron chi connectivity index (χ3n) is 6.90. The molecule has 1 fully saturated rings. The minimum Gasteiger partial charge on any atom is -0.493 e. The molecule has 1 aromatic carbocycles. The van der Waals surface area contributed by atoms with Crippen LogP contribution < -0.4 is 14.8 Å². The van der Waals surface area contributed by atoms with Crippen molar-refractivity contribution < 1.29 is 44.3 Å². The molecule has 0 radical (unpaired) electrons. The highest BCUT2D eigenvalue weighted by molar-refractivity contribution is 5.88. The van der Waals surface area contributed by atoms with Crippen LogP contribution in [0.5, 0.6) is 11.5 Å². The van der Waals surface area contributed by atoms with Gasteiger partial charge in [0.15, 0.2) is 17.1 Å². The van der Waals surface area contributed by atoms with Crippen molar-refractivity contribution >= 4 is 17.9 Å². The van der Waals surface area contributed by atoms with Gasteiger partial charge >= 0.3 is 17.9 Å². The molecule has 12 nitrogen and oxygen atoms in total. The van der Waals surface area contributed by atoms with Gasteiger partial charge < -0.3 is 35.2 Å². The van der Waals surface area contributed by atoms with E-state index in [4.69, 9.17) is 29.9 Å². The molecular weight excluding hydrogens is 546 g/mol. The Morgan fingerprint density at radius 3 is 1.95 bits per heavy atom. The number of pyridine rings is 1. The summed E-state index contributed by atoms with van der Waals surface area (Å²) in [7, 11) is 3.36. The summed E-state index contributed by atoms with van der Waals surface area (Å²) in [5, 5.41) is 37.6. The molecule has 0 saturated carbocycles. The minimum atomic E-state index is -2.74. The molecule has 5 N–H and O–H groups in total. The molecule has 1 aliphatic rings. The first-order valence-electron chi connectivity index (χ1n) is 13.5. The van der Waals surface area contributed by atoms with E-state index in [-0.39, 0.29) is 11.1 Å². The summed E-state index contributed by atoms with van der Waals surface area (Å²) in [6, 6.07) is 12.8. The van der Waals surface area contributed by atoms with Crippen molar-refractivity contribution in [3.63, 3.8) is 0 Å². The fraction of sp³-hybridized carbons (Fsp3) is 0.533. The molecule has 0 unspecified atom stereocenters. The van der Waals surface area contributed by atoms with E-state index in [1.54, 1.807) is 14.2 Å². The van der Waals surface area contributed by atoms with Crippen LogP contribution in [-0.2, 0) is 27.5 Å². The maximum atomic E-state index is 10.3. The van der Waals surface area contributed by atoms with Crippen molar-refractivity contribution in [2.45, 2.75) is 89.2 Å². The molecular formula is C30H43N3O9. The average Bonchev–Trinajstić information content (AvgIpc) is 2.86. The van der Waals surface area contributed by atoms with E-state index in [1.807, 2.05) is 18.3 Å². The number of nitrogens with one attached hydrogen (secondary N) is 1. The van der Waals surface area contributed by atoms with Gasteiger partial charge in [-0.1, -0.05) is 12.1 Å². The number of hydrogen-bond donors (Lipinski definition) is 5. The van der Waals surface area contributed by atoms with Gasteiger partial charge in [-0.05, 0) is 70.4 Å². The number of ether oxygens (including phenoxy) is 2. The van der Waals surface area contributed by atoms with Crippen LogP contribution in [0.25, 0.3) is 0 Å². The Labute approximate surface area is 246 Å². The van der Waals surface area contributed by atoms with Crippen molar-refractivity contribution in [1.82, 2.24) is 15.2 Å². The van der Waals surface area contributed by atoms with Crippen LogP contribution in [0, 0.1) is 0 Å². The molecule has 2 heterocycles. The predicted octanol–water partition coefficient (Wildman–Crippen LogP) is 3.16. The molecule has 12 heteroatoms. The number of aliphatic hydroxyl groups is 1. The lowest BCUT2D eigenvalue weighted by Gasteiger charge is -2.49. The van der Waals surface area contributed by atoms with Crippen LogP contribution in [0.4, 0.5) is 0 Å². The van der Waals surface area contributed by atoms with Gasteiger partial charge in [0.25, 0.3) is 0 Å². The van der Waals surface area contributed by atoms with Gasteiger partial charge in [0.05, 0.1) is 32.8 Å². The van der Waals surface area contributed by atoms with Crippen LogP contribution in [0.3, 0.4) is 0 Å². The number of aliphatic carboxylic acids is 3. The molecule has 1 aromatic heterocycles. The third kappa shape index (κ3) is 10.6. The Bertz CT molecular complexity index is 1190. The van der Waals surface area contributed by atoms with Crippen LogP contribution >= 0.6 is 0 Å². The van der Waals surface area contributed by atoms with Crippen LogP contribution in [0.15, 0.2) is 42.6 Å². The summed E-state index contributed by atoms with van der Waals surface area (Å²) in [4.78, 5) is 37.6. The Morgan fingerprint density at radius 2 is 1.50 bits per heavy atom. The third-order valence-corrected chi connectivity index (χ3v) is 6.90. The normalized spacial score (nSPS) is 16.2. The maximum Gasteiger partial charge on any atom is 0.336 e. The Balaban J connectivity index is 0.000000401. The highest BCUT2D eigenvalue weighted by Crippen LogP contribution is 2.34. The standard InChI is InChI=1S/C24H35N3O2.C6H8O7/c1-23(2)14-20(15-24(3,4)26-23)27(17-19-9-7-8-12-25-19)16-18-10-11-21(28-5)22(13-18)29-6;7-3(8)1-6(13,5(11)12)2-4(9)10/h7-13,20,26H,14-17H2,1-6H3;13H,1-2H2,(H,7,8)(H,9,10)(H,11,12). The zero-order valence-corrected chi connectivity index (χ0v) is 25.1. The highest BCUT2D eigenvalue weighted by Gasteiger charge is 2.41. The quantitative estimate of drug-likeness (QED) is 0.245. The summed E-state index contributed by atoms with van der Waals surface area (Å²) in [5.41, 5.74) is -0.244. The number of carboxylic acid groups (broad SMARTS) is 3. The van der Waals surface area contributed by atoms with Crippen molar-refractivity contribution in [2.24, 2.45) is 0 Å². The summed E-state index contributed by atoms with van der Waals surface area (Å²) < 4.78 is 10.9. The van der Waals surface area contributed by atoms with E-state index in [0.29, 0.717) is 6.04 Å². The number of rotatable bonds is 12. The first kappa shape index (κ1) is 34.5. The molecule has 1 aliphatic heterocycles. The molecule has 0 bridgehead atoms. The molecule has 1 saturated heterocycles. The number of piperidine rings is 1. The number of carbonyl (C=O) groups is 3. The summed E-state index contributed by atoms with van der Waals surface area (Å²) >= 11 is 0. The minimum absolute atomic E-state index is 0.0897. The van der Waals surface area contributed by atoms with Crippen molar-refractivity contribution in [3.8, 4) is 11.5 Å². The summed E-state index contributed by atoms with van der Waals surface area (Å²) in [6.07, 6.45) is 1.77. The Morgan fingerprint density at radius 1 is 0.929 bits per heavy atom. The number of benzene rings is 1. The van der Waals surface area contributed by atoms with Gasteiger partial charge in [-0.25, -0.2) is 4.79 Å². The smallest absolute Gasteiger partial charge is 0.336 e. The van der Waals surface area contributed by atoms with Crippen LogP contribution in [0.2, 0.25) is 0 Å². The second-order valence-electron chi connectivity index (χ2n) is 11.8. The average molecular weight is 590 g/mol. The van der Waals surface area contributed by atoms with Crippen molar-refractivity contribution in [1.29, 1.82) is 0 Å². The summed E-state index contributed by atoms with van der Waals surface area (Å²) in [5.74, 6) is -3.49. The molecule has 232 valence electrons. The molecule has 0 spiro atoms. The van der Waals surface area contributed by atoms with Gasteiger partial charge in [0.2, 0.25) is 0 Å². The zero-order valence-electron chi connectivity index (χ0n) is 25.1. The van der Waals surface area contributed by atoms with Gasteiger partial charge in [-0.2, -0.15) is 0 Å².